The zero-order valence-electron chi connectivity index (χ0n) is 8.51. The zero-order valence-corrected chi connectivity index (χ0v) is 9.66. The van der Waals surface area contributed by atoms with Gasteiger partial charge in [-0.2, -0.15) is 0 Å². The molecule has 76 valence electrons. The maximum Gasteiger partial charge on any atom is 0.208 e. The zero-order chi connectivity index (χ0) is 10.5. The molecule has 0 aromatic heterocycles. The summed E-state index contributed by atoms with van der Waals surface area (Å²) in [5, 5.41) is 1.11. The molecule has 1 N–H and O–H groups in total. The van der Waals surface area contributed by atoms with Crippen LogP contribution in [-0.2, 0) is 6.04 Å². The van der Waals surface area contributed by atoms with Crippen molar-refractivity contribution < 1.29 is 4.80 Å². The molecule has 1 unspecified atom stereocenters. The SMILES string of the molecule is O[SiH](Cc1ccccc1)c1ccccc1. The highest BCUT2D eigenvalue weighted by Crippen LogP contribution is 2.01. The Kier molecular flexibility index (Phi) is 3.32. The Balaban J connectivity index is 2.08. The maximum absolute atomic E-state index is 10.1. The predicted molar refractivity (Wildman–Crippen MR) is 65.6 cm³/mol. The summed E-state index contributed by atoms with van der Waals surface area (Å²) in [7, 11) is -1.79. The van der Waals surface area contributed by atoms with Gasteiger partial charge in [-0.3, -0.25) is 0 Å². The summed E-state index contributed by atoms with van der Waals surface area (Å²) in [5.41, 5.74) is 1.22. The molecule has 0 aliphatic carbocycles. The van der Waals surface area contributed by atoms with E-state index < -0.39 is 9.04 Å². The van der Waals surface area contributed by atoms with Crippen LogP contribution in [0.25, 0.3) is 0 Å². The first-order valence-electron chi connectivity index (χ1n) is 5.13. The third-order valence-electron chi connectivity index (χ3n) is 2.46. The van der Waals surface area contributed by atoms with Crippen molar-refractivity contribution in [3.63, 3.8) is 0 Å². The van der Waals surface area contributed by atoms with Gasteiger partial charge in [-0.1, -0.05) is 60.7 Å². The number of rotatable bonds is 3. The van der Waals surface area contributed by atoms with Crippen LogP contribution in [0.2, 0.25) is 0 Å². The maximum atomic E-state index is 10.1. The first kappa shape index (κ1) is 10.1. The summed E-state index contributed by atoms with van der Waals surface area (Å²) < 4.78 is 0. The van der Waals surface area contributed by atoms with Crippen LogP contribution in [-0.4, -0.2) is 13.8 Å². The minimum atomic E-state index is -1.79. The molecule has 0 amide bonds. The lowest BCUT2D eigenvalue weighted by Crippen LogP contribution is -2.32. The number of hydrogen-bond donors (Lipinski definition) is 1. The summed E-state index contributed by atoms with van der Waals surface area (Å²) >= 11 is 0. The summed E-state index contributed by atoms with van der Waals surface area (Å²) in [6.45, 7) is 0. The Morgan fingerprint density at radius 3 is 1.93 bits per heavy atom. The van der Waals surface area contributed by atoms with E-state index in [0.717, 1.165) is 11.2 Å². The van der Waals surface area contributed by atoms with Gasteiger partial charge in [-0.25, -0.2) is 0 Å². The Morgan fingerprint density at radius 1 is 0.800 bits per heavy atom. The molecule has 0 fully saturated rings. The molecule has 1 nitrogen and oxygen atoms in total. The second-order valence-electron chi connectivity index (χ2n) is 3.62. The smallest absolute Gasteiger partial charge is 0.208 e. The third-order valence-corrected chi connectivity index (χ3v) is 4.47. The second-order valence-corrected chi connectivity index (χ2v) is 5.72. The van der Waals surface area contributed by atoms with Gasteiger partial charge in [-0.15, -0.1) is 0 Å². The average Bonchev–Trinajstić information content (AvgIpc) is 2.31. The van der Waals surface area contributed by atoms with Gasteiger partial charge in [0.2, 0.25) is 9.04 Å². The Morgan fingerprint density at radius 2 is 1.33 bits per heavy atom. The molecule has 0 heterocycles. The summed E-state index contributed by atoms with van der Waals surface area (Å²) in [4.78, 5) is 10.1. The van der Waals surface area contributed by atoms with E-state index in [1.807, 2.05) is 48.5 Å². The normalized spacial score (nSPS) is 12.3. The molecule has 1 atom stereocenters. The van der Waals surface area contributed by atoms with Gasteiger partial charge in [0.1, 0.15) is 0 Å². The average molecular weight is 214 g/mol. The molecule has 0 aliphatic heterocycles. The fourth-order valence-electron chi connectivity index (χ4n) is 1.63. The van der Waals surface area contributed by atoms with Crippen molar-refractivity contribution >= 4 is 14.2 Å². The van der Waals surface area contributed by atoms with Crippen LogP contribution in [0.4, 0.5) is 0 Å². The van der Waals surface area contributed by atoms with Crippen LogP contribution < -0.4 is 5.19 Å². The molecule has 0 bridgehead atoms. The predicted octanol–water partition coefficient (Wildman–Crippen LogP) is 1.39. The number of hydrogen-bond acceptors (Lipinski definition) is 1. The lowest BCUT2D eigenvalue weighted by atomic mass is 10.2. The highest BCUT2D eigenvalue weighted by atomic mass is 28.3. The first-order valence-corrected chi connectivity index (χ1v) is 7.04. The van der Waals surface area contributed by atoms with Crippen LogP contribution >= 0.6 is 0 Å². The van der Waals surface area contributed by atoms with Gasteiger partial charge < -0.3 is 4.80 Å². The first-order chi connectivity index (χ1) is 7.36. The molecule has 0 aliphatic rings. The molecule has 15 heavy (non-hydrogen) atoms. The molecule has 0 saturated carbocycles. The minimum absolute atomic E-state index is 0.810. The largest absolute Gasteiger partial charge is 0.430 e. The van der Waals surface area contributed by atoms with Crippen LogP contribution in [0.5, 0.6) is 0 Å². The molecular weight excluding hydrogens is 200 g/mol. The van der Waals surface area contributed by atoms with Crippen molar-refractivity contribution in [1.82, 2.24) is 0 Å². The van der Waals surface area contributed by atoms with Gasteiger partial charge >= 0.3 is 0 Å². The molecule has 2 aromatic rings. The van der Waals surface area contributed by atoms with Crippen molar-refractivity contribution in [3.8, 4) is 0 Å². The number of benzene rings is 2. The van der Waals surface area contributed by atoms with Crippen molar-refractivity contribution in [2.24, 2.45) is 0 Å². The van der Waals surface area contributed by atoms with Crippen LogP contribution in [0.15, 0.2) is 60.7 Å². The monoisotopic (exact) mass is 214 g/mol. The molecule has 0 radical (unpaired) electrons. The topological polar surface area (TPSA) is 20.2 Å². The van der Waals surface area contributed by atoms with E-state index in [4.69, 9.17) is 0 Å². The molecular formula is C13H14OSi. The van der Waals surface area contributed by atoms with Gasteiger partial charge in [0, 0.05) is 0 Å². The van der Waals surface area contributed by atoms with E-state index in [1.54, 1.807) is 0 Å². The molecule has 0 spiro atoms. The molecule has 2 rings (SSSR count). The molecule has 2 aromatic carbocycles. The Bertz CT molecular complexity index is 399. The molecule has 2 heteroatoms. The Labute approximate surface area is 91.7 Å². The van der Waals surface area contributed by atoms with Crippen molar-refractivity contribution in [3.05, 3.63) is 66.2 Å². The lowest BCUT2D eigenvalue weighted by molar-refractivity contribution is 0.584. The second kappa shape index (κ2) is 4.91. The van der Waals surface area contributed by atoms with Crippen molar-refractivity contribution in [1.29, 1.82) is 0 Å². The highest BCUT2D eigenvalue weighted by Gasteiger charge is 2.09. The summed E-state index contributed by atoms with van der Waals surface area (Å²) in [5.74, 6) is 0. The van der Waals surface area contributed by atoms with Gasteiger partial charge in [0.25, 0.3) is 0 Å². The standard InChI is InChI=1S/C13H14OSi/c14-15(13-9-5-2-6-10-13)11-12-7-3-1-4-8-12/h1-10,14-15H,11H2. The van der Waals surface area contributed by atoms with E-state index in [0.29, 0.717) is 0 Å². The Hall–Kier alpha value is -1.38. The summed E-state index contributed by atoms with van der Waals surface area (Å²) in [6, 6.07) is 21.0. The van der Waals surface area contributed by atoms with Gasteiger partial charge in [0.15, 0.2) is 0 Å². The summed E-state index contributed by atoms with van der Waals surface area (Å²) in [6.07, 6.45) is 0. The van der Waals surface area contributed by atoms with E-state index >= 15 is 0 Å². The van der Waals surface area contributed by atoms with Crippen LogP contribution in [0, 0.1) is 0 Å². The minimum Gasteiger partial charge on any atom is -0.430 e. The van der Waals surface area contributed by atoms with Gasteiger partial charge in [0.05, 0.1) is 0 Å². The van der Waals surface area contributed by atoms with E-state index in [1.165, 1.54) is 5.56 Å². The highest BCUT2D eigenvalue weighted by molar-refractivity contribution is 6.65. The quantitative estimate of drug-likeness (QED) is 0.766. The third kappa shape index (κ3) is 2.78. The van der Waals surface area contributed by atoms with Crippen LogP contribution in [0.1, 0.15) is 5.56 Å². The fourth-order valence-corrected chi connectivity index (χ4v) is 3.25. The van der Waals surface area contributed by atoms with Crippen molar-refractivity contribution in [2.75, 3.05) is 0 Å². The van der Waals surface area contributed by atoms with E-state index in [-0.39, 0.29) is 0 Å². The lowest BCUT2D eigenvalue weighted by Gasteiger charge is -2.08. The van der Waals surface area contributed by atoms with E-state index in [2.05, 4.69) is 12.1 Å². The van der Waals surface area contributed by atoms with Gasteiger partial charge in [-0.05, 0) is 16.8 Å². The molecule has 0 saturated heterocycles. The van der Waals surface area contributed by atoms with Crippen molar-refractivity contribution in [2.45, 2.75) is 6.04 Å². The van der Waals surface area contributed by atoms with E-state index in [9.17, 15) is 4.80 Å². The fraction of sp³-hybridized carbons (Fsp3) is 0.0769. The van der Waals surface area contributed by atoms with Crippen LogP contribution in [0.3, 0.4) is 0 Å².